The van der Waals surface area contributed by atoms with E-state index in [2.05, 4.69) is 42.2 Å². The third kappa shape index (κ3) is 4.00. The zero-order chi connectivity index (χ0) is 13.1. The van der Waals surface area contributed by atoms with Crippen molar-refractivity contribution in [3.8, 4) is 0 Å². The first-order valence-corrected chi connectivity index (χ1v) is 8.75. The van der Waals surface area contributed by atoms with Crippen LogP contribution >= 0.6 is 11.8 Å². The number of hydrogen-bond acceptors (Lipinski definition) is 2. The van der Waals surface area contributed by atoms with Gasteiger partial charge in [0, 0.05) is 23.2 Å². The molecule has 1 aromatic carbocycles. The number of benzene rings is 1. The average Bonchev–Trinajstić information content (AvgIpc) is 3.10. The monoisotopic (exact) mass is 275 g/mol. The lowest BCUT2D eigenvalue weighted by atomic mass is 10.1. The van der Waals surface area contributed by atoms with E-state index in [1.54, 1.807) is 0 Å². The Labute approximate surface area is 121 Å². The topological polar surface area (TPSA) is 12.0 Å². The van der Waals surface area contributed by atoms with Crippen molar-refractivity contribution in [1.29, 1.82) is 0 Å². The number of rotatable bonds is 6. The zero-order valence-corrected chi connectivity index (χ0v) is 12.8. The van der Waals surface area contributed by atoms with E-state index < -0.39 is 0 Å². The fraction of sp³-hybridized carbons (Fsp3) is 0.647. The molecule has 0 heterocycles. The Bertz CT molecular complexity index is 419. The highest BCUT2D eigenvalue weighted by Crippen LogP contribution is 2.33. The van der Waals surface area contributed by atoms with Crippen LogP contribution in [0.15, 0.2) is 23.1 Å². The molecule has 2 heteroatoms. The van der Waals surface area contributed by atoms with Gasteiger partial charge in [-0.1, -0.05) is 30.5 Å². The summed E-state index contributed by atoms with van der Waals surface area (Å²) in [7, 11) is 0. The third-order valence-electron chi connectivity index (χ3n) is 4.32. The van der Waals surface area contributed by atoms with Crippen LogP contribution in [0.1, 0.15) is 49.7 Å². The lowest BCUT2D eigenvalue weighted by Gasteiger charge is -2.13. The second-order valence-corrected chi connectivity index (χ2v) is 7.29. The Hall–Kier alpha value is -0.470. The first-order valence-electron chi connectivity index (χ1n) is 7.77. The Kier molecular flexibility index (Phi) is 4.49. The number of thioether (sulfide) groups is 1. The standard InChI is InChI=1S/C17H25NS/c1-13-6-9-17(19-12-14-4-2-3-5-14)15(10-13)11-18-16-7-8-16/h6,9-10,14,16,18H,2-5,7-8,11-12H2,1H3. The Morgan fingerprint density at radius 2 is 1.95 bits per heavy atom. The molecule has 3 rings (SSSR count). The van der Waals surface area contributed by atoms with Crippen LogP contribution in [-0.2, 0) is 6.54 Å². The Balaban J connectivity index is 1.60. The predicted molar refractivity (Wildman–Crippen MR) is 83.7 cm³/mol. The molecule has 19 heavy (non-hydrogen) atoms. The largest absolute Gasteiger partial charge is 0.310 e. The minimum Gasteiger partial charge on any atom is -0.310 e. The second-order valence-electron chi connectivity index (χ2n) is 6.23. The van der Waals surface area contributed by atoms with Crippen LogP contribution in [0.5, 0.6) is 0 Å². The molecule has 0 saturated heterocycles. The molecule has 2 aliphatic rings. The van der Waals surface area contributed by atoms with Crippen molar-refractivity contribution < 1.29 is 0 Å². The third-order valence-corrected chi connectivity index (χ3v) is 5.67. The maximum absolute atomic E-state index is 3.66. The first-order chi connectivity index (χ1) is 9.31. The van der Waals surface area contributed by atoms with Gasteiger partial charge < -0.3 is 5.32 Å². The van der Waals surface area contributed by atoms with Gasteiger partial charge in [0.25, 0.3) is 0 Å². The smallest absolute Gasteiger partial charge is 0.0219 e. The van der Waals surface area contributed by atoms with Crippen molar-refractivity contribution in [1.82, 2.24) is 5.32 Å². The van der Waals surface area contributed by atoms with Crippen molar-refractivity contribution in [2.45, 2.75) is 62.9 Å². The van der Waals surface area contributed by atoms with E-state index in [0.717, 1.165) is 18.5 Å². The van der Waals surface area contributed by atoms with Crippen LogP contribution < -0.4 is 5.32 Å². The number of aryl methyl sites for hydroxylation is 1. The van der Waals surface area contributed by atoms with Crippen LogP contribution in [0.3, 0.4) is 0 Å². The summed E-state index contributed by atoms with van der Waals surface area (Å²) in [6, 6.07) is 7.76. The van der Waals surface area contributed by atoms with Crippen LogP contribution in [0, 0.1) is 12.8 Å². The van der Waals surface area contributed by atoms with Crippen LogP contribution in [0.25, 0.3) is 0 Å². The van der Waals surface area contributed by atoms with Crippen molar-refractivity contribution in [3.63, 3.8) is 0 Å². The molecule has 0 atom stereocenters. The summed E-state index contributed by atoms with van der Waals surface area (Å²) in [6.07, 6.45) is 8.56. The van der Waals surface area contributed by atoms with Crippen molar-refractivity contribution in [2.75, 3.05) is 5.75 Å². The van der Waals surface area contributed by atoms with Crippen molar-refractivity contribution in [3.05, 3.63) is 29.3 Å². The average molecular weight is 275 g/mol. The van der Waals surface area contributed by atoms with Gasteiger partial charge in [0.15, 0.2) is 0 Å². The minimum absolute atomic E-state index is 0.799. The molecule has 2 saturated carbocycles. The fourth-order valence-electron chi connectivity index (χ4n) is 2.91. The summed E-state index contributed by atoms with van der Waals surface area (Å²) < 4.78 is 0. The van der Waals surface area contributed by atoms with Gasteiger partial charge in [0.05, 0.1) is 0 Å². The lowest BCUT2D eigenvalue weighted by Crippen LogP contribution is -2.16. The van der Waals surface area contributed by atoms with E-state index >= 15 is 0 Å². The van der Waals surface area contributed by atoms with E-state index in [1.807, 2.05) is 0 Å². The lowest BCUT2D eigenvalue weighted by molar-refractivity contribution is 0.622. The fourth-order valence-corrected chi connectivity index (χ4v) is 4.14. The molecule has 2 fully saturated rings. The Morgan fingerprint density at radius 3 is 2.68 bits per heavy atom. The van der Waals surface area contributed by atoms with E-state index in [0.29, 0.717) is 0 Å². The molecule has 104 valence electrons. The molecular formula is C17H25NS. The molecule has 1 aromatic rings. The summed E-state index contributed by atoms with van der Waals surface area (Å²) in [4.78, 5) is 1.51. The first kappa shape index (κ1) is 13.5. The van der Waals surface area contributed by atoms with E-state index in [9.17, 15) is 0 Å². The number of hydrogen-bond donors (Lipinski definition) is 1. The highest BCUT2D eigenvalue weighted by molar-refractivity contribution is 7.99. The van der Waals surface area contributed by atoms with Gasteiger partial charge in [-0.25, -0.2) is 0 Å². The van der Waals surface area contributed by atoms with Gasteiger partial charge in [0.2, 0.25) is 0 Å². The minimum atomic E-state index is 0.799. The van der Waals surface area contributed by atoms with Crippen molar-refractivity contribution in [2.24, 2.45) is 5.92 Å². The molecule has 1 nitrogen and oxygen atoms in total. The summed E-state index contributed by atoms with van der Waals surface area (Å²) in [5.41, 5.74) is 2.90. The quantitative estimate of drug-likeness (QED) is 0.766. The van der Waals surface area contributed by atoms with Gasteiger partial charge in [-0.3, -0.25) is 0 Å². The highest BCUT2D eigenvalue weighted by Gasteiger charge is 2.21. The number of nitrogens with one attached hydrogen (secondary N) is 1. The van der Waals surface area contributed by atoms with Crippen LogP contribution in [0.2, 0.25) is 0 Å². The van der Waals surface area contributed by atoms with Gasteiger partial charge >= 0.3 is 0 Å². The molecular weight excluding hydrogens is 250 g/mol. The summed E-state index contributed by atoms with van der Waals surface area (Å²) in [5, 5.41) is 3.66. The summed E-state index contributed by atoms with van der Waals surface area (Å²) in [5.74, 6) is 2.29. The van der Waals surface area contributed by atoms with Crippen LogP contribution in [0.4, 0.5) is 0 Å². The van der Waals surface area contributed by atoms with Gasteiger partial charge in [-0.15, -0.1) is 11.8 Å². The predicted octanol–water partition coefficient (Wildman–Crippen LogP) is 4.53. The molecule has 0 amide bonds. The SMILES string of the molecule is Cc1ccc(SCC2CCCC2)c(CNC2CC2)c1. The summed E-state index contributed by atoms with van der Waals surface area (Å²) in [6.45, 7) is 3.26. The Morgan fingerprint density at radius 1 is 1.16 bits per heavy atom. The van der Waals surface area contributed by atoms with Gasteiger partial charge in [0.1, 0.15) is 0 Å². The van der Waals surface area contributed by atoms with Gasteiger partial charge in [-0.05, 0) is 50.2 Å². The molecule has 0 spiro atoms. The molecule has 0 radical (unpaired) electrons. The second kappa shape index (κ2) is 6.32. The van der Waals surface area contributed by atoms with Gasteiger partial charge in [-0.2, -0.15) is 0 Å². The maximum atomic E-state index is 3.66. The van der Waals surface area contributed by atoms with E-state index in [-0.39, 0.29) is 0 Å². The van der Waals surface area contributed by atoms with E-state index in [1.165, 1.54) is 60.3 Å². The molecule has 0 aliphatic heterocycles. The van der Waals surface area contributed by atoms with Crippen molar-refractivity contribution >= 4 is 11.8 Å². The highest BCUT2D eigenvalue weighted by atomic mass is 32.2. The maximum Gasteiger partial charge on any atom is 0.0219 e. The van der Waals surface area contributed by atoms with Crippen LogP contribution in [-0.4, -0.2) is 11.8 Å². The molecule has 0 aromatic heterocycles. The molecule has 0 unspecified atom stereocenters. The zero-order valence-electron chi connectivity index (χ0n) is 12.0. The molecule has 0 bridgehead atoms. The normalized spacial score (nSPS) is 20.1. The molecule has 2 aliphatic carbocycles. The molecule has 1 N–H and O–H groups in total. The van der Waals surface area contributed by atoms with E-state index in [4.69, 9.17) is 0 Å². The summed E-state index contributed by atoms with van der Waals surface area (Å²) >= 11 is 2.09.